The normalized spacial score (nSPS) is 19.9. The fraction of sp³-hybridized carbons (Fsp3) is 1.00. The molecule has 0 aliphatic carbocycles. The van der Waals surface area contributed by atoms with Gasteiger partial charge in [-0.1, -0.05) is 13.8 Å². The van der Waals surface area contributed by atoms with Crippen LogP contribution >= 0.6 is 23.4 Å². The van der Waals surface area contributed by atoms with E-state index in [1.807, 2.05) is 0 Å². The van der Waals surface area contributed by atoms with Gasteiger partial charge < -0.3 is 9.79 Å². The van der Waals surface area contributed by atoms with Crippen LogP contribution in [0.25, 0.3) is 0 Å². The lowest BCUT2D eigenvalue weighted by molar-refractivity contribution is 0.330. The Kier molecular flexibility index (Phi) is 7.15. The number of rotatable bonds is 8. The second kappa shape index (κ2) is 6.97. The van der Waals surface area contributed by atoms with E-state index in [9.17, 15) is 13.7 Å². The van der Waals surface area contributed by atoms with Crippen molar-refractivity contribution < 1.29 is 32.1 Å². The molecule has 0 spiro atoms. The fourth-order valence-electron chi connectivity index (χ4n) is 0.870. The second-order valence-electron chi connectivity index (χ2n) is 3.11. The van der Waals surface area contributed by atoms with Gasteiger partial charge in [0.15, 0.2) is 0 Å². The maximum Gasteiger partial charge on any atom is 0.715 e. The van der Waals surface area contributed by atoms with Gasteiger partial charge in [0, 0.05) is 4.57 Å². The van der Waals surface area contributed by atoms with Gasteiger partial charge in [0.25, 0.3) is 0 Å². The Balaban J connectivity index is 4.29. The SMILES string of the molecule is CCCP(=O)(O)O[P+](=O)OP(=O)(O)CCC. The summed E-state index contributed by atoms with van der Waals surface area (Å²) >= 11 is 0. The Hall–Kier alpha value is 0.400. The Morgan fingerprint density at radius 2 is 1.31 bits per heavy atom. The van der Waals surface area contributed by atoms with E-state index in [1.54, 1.807) is 13.8 Å². The Labute approximate surface area is 95.2 Å². The lowest BCUT2D eigenvalue weighted by Gasteiger charge is -2.03. The zero-order valence-corrected chi connectivity index (χ0v) is 11.8. The highest BCUT2D eigenvalue weighted by atomic mass is 31.3. The molecule has 0 aromatic carbocycles. The minimum absolute atomic E-state index is 0.180. The van der Waals surface area contributed by atoms with Crippen LogP contribution in [-0.4, -0.2) is 22.1 Å². The lowest BCUT2D eigenvalue weighted by Crippen LogP contribution is -1.91. The zero-order valence-electron chi connectivity index (χ0n) is 9.11. The van der Waals surface area contributed by atoms with Gasteiger partial charge in [0.2, 0.25) is 0 Å². The van der Waals surface area contributed by atoms with E-state index in [-0.39, 0.29) is 12.3 Å². The molecule has 0 saturated carbocycles. The lowest BCUT2D eigenvalue weighted by atomic mass is 10.6. The van der Waals surface area contributed by atoms with Crippen LogP contribution in [0.3, 0.4) is 0 Å². The van der Waals surface area contributed by atoms with E-state index < -0.39 is 23.4 Å². The van der Waals surface area contributed by atoms with Crippen LogP contribution in [0, 0.1) is 0 Å². The molecule has 0 heterocycles. The highest BCUT2D eigenvalue weighted by molar-refractivity contribution is 7.64. The van der Waals surface area contributed by atoms with E-state index >= 15 is 0 Å². The fourth-order valence-corrected chi connectivity index (χ4v) is 4.71. The molecule has 0 fully saturated rings. The first-order chi connectivity index (χ1) is 7.22. The van der Waals surface area contributed by atoms with Crippen molar-refractivity contribution in [1.29, 1.82) is 0 Å². The van der Waals surface area contributed by atoms with Gasteiger partial charge in [-0.05, 0) is 21.5 Å². The van der Waals surface area contributed by atoms with Gasteiger partial charge in [-0.25, -0.2) is 0 Å². The van der Waals surface area contributed by atoms with Gasteiger partial charge in [-0.2, -0.15) is 0 Å². The summed E-state index contributed by atoms with van der Waals surface area (Å²) in [4.78, 5) is 18.2. The monoisotopic (exact) mass is 293 g/mol. The maximum atomic E-state index is 11.2. The molecule has 2 N–H and O–H groups in total. The standard InChI is InChI=1S/C6H15O7P3/c1-3-5-15(8,9)12-14(7)13-16(10,11)6-4-2/h3-6H2,1-2H3,(H-,8,9,10,11)/p+1. The summed E-state index contributed by atoms with van der Waals surface area (Å²) in [6, 6.07) is 0. The maximum absolute atomic E-state index is 11.2. The summed E-state index contributed by atoms with van der Waals surface area (Å²) in [6.45, 7) is 3.29. The topological polar surface area (TPSA) is 110 Å². The minimum Gasteiger partial charge on any atom is -0.322 e. The minimum atomic E-state index is -3.99. The van der Waals surface area contributed by atoms with Crippen molar-refractivity contribution in [3.63, 3.8) is 0 Å². The van der Waals surface area contributed by atoms with Crippen molar-refractivity contribution in [2.24, 2.45) is 0 Å². The van der Waals surface area contributed by atoms with Crippen molar-refractivity contribution in [2.45, 2.75) is 26.7 Å². The summed E-state index contributed by atoms with van der Waals surface area (Å²) < 4.78 is 41.8. The molecule has 96 valence electrons. The molecule has 10 heteroatoms. The predicted octanol–water partition coefficient (Wildman–Crippen LogP) is 2.87. The predicted molar refractivity (Wildman–Crippen MR) is 59.7 cm³/mol. The molecule has 2 atom stereocenters. The molecule has 2 unspecified atom stereocenters. The quantitative estimate of drug-likeness (QED) is 0.662. The van der Waals surface area contributed by atoms with Crippen LogP contribution in [0.4, 0.5) is 0 Å². The number of hydrogen-bond acceptors (Lipinski definition) is 5. The molecule has 0 aromatic rings. The molecule has 0 saturated heterocycles. The molecule has 0 amide bonds. The molecule has 0 aliphatic heterocycles. The van der Waals surface area contributed by atoms with E-state index in [2.05, 4.69) is 8.62 Å². The van der Waals surface area contributed by atoms with E-state index in [0.29, 0.717) is 12.8 Å². The zero-order chi connectivity index (χ0) is 12.8. The van der Waals surface area contributed by atoms with Gasteiger partial charge in [0.1, 0.15) is 0 Å². The Bertz CT molecular complexity index is 298. The van der Waals surface area contributed by atoms with Crippen LogP contribution in [0.15, 0.2) is 0 Å². The highest BCUT2D eigenvalue weighted by Gasteiger charge is 2.41. The molecule has 7 nitrogen and oxygen atoms in total. The summed E-state index contributed by atoms with van der Waals surface area (Å²) in [5.41, 5.74) is 0. The molecule has 0 radical (unpaired) electrons. The van der Waals surface area contributed by atoms with Crippen molar-refractivity contribution in [2.75, 3.05) is 12.3 Å². The van der Waals surface area contributed by atoms with E-state index in [4.69, 9.17) is 9.79 Å². The average Bonchev–Trinajstić information content (AvgIpc) is 1.99. The molecule has 0 rings (SSSR count). The van der Waals surface area contributed by atoms with Crippen LogP contribution in [0.1, 0.15) is 26.7 Å². The first kappa shape index (κ1) is 16.4. The van der Waals surface area contributed by atoms with E-state index in [1.165, 1.54) is 0 Å². The number of hydrogen-bond donors (Lipinski definition) is 2. The molecule has 0 bridgehead atoms. The van der Waals surface area contributed by atoms with Gasteiger partial charge >= 0.3 is 23.4 Å². The smallest absolute Gasteiger partial charge is 0.322 e. The van der Waals surface area contributed by atoms with Crippen molar-refractivity contribution >= 4 is 23.4 Å². The highest BCUT2D eigenvalue weighted by Crippen LogP contribution is 2.59. The van der Waals surface area contributed by atoms with Gasteiger partial charge in [0.05, 0.1) is 12.3 Å². The van der Waals surface area contributed by atoms with Crippen LogP contribution < -0.4 is 0 Å². The third-order valence-electron chi connectivity index (χ3n) is 1.40. The Morgan fingerprint density at radius 1 is 1.00 bits per heavy atom. The summed E-state index contributed by atoms with van der Waals surface area (Å²) in [7, 11) is -11.0. The van der Waals surface area contributed by atoms with Crippen molar-refractivity contribution in [3.8, 4) is 0 Å². The first-order valence-corrected chi connectivity index (χ1v) is 9.35. The third-order valence-corrected chi connectivity index (χ3v) is 6.53. The summed E-state index contributed by atoms with van der Waals surface area (Å²) in [5, 5.41) is 0. The second-order valence-corrected chi connectivity index (χ2v) is 8.31. The van der Waals surface area contributed by atoms with Crippen LogP contribution in [0.2, 0.25) is 0 Å². The first-order valence-electron chi connectivity index (χ1n) is 4.72. The van der Waals surface area contributed by atoms with Gasteiger partial charge in [-0.15, -0.1) is 0 Å². The van der Waals surface area contributed by atoms with Crippen LogP contribution in [-0.2, 0) is 22.3 Å². The molecule has 0 aromatic heterocycles. The summed E-state index contributed by atoms with van der Waals surface area (Å²) in [6.07, 6.45) is 0.368. The molecular weight excluding hydrogens is 277 g/mol. The van der Waals surface area contributed by atoms with Crippen LogP contribution in [0.5, 0.6) is 0 Å². The van der Waals surface area contributed by atoms with Gasteiger partial charge in [-0.3, -0.25) is 9.13 Å². The van der Waals surface area contributed by atoms with Crippen molar-refractivity contribution in [1.82, 2.24) is 0 Å². The van der Waals surface area contributed by atoms with E-state index in [0.717, 1.165) is 0 Å². The Morgan fingerprint density at radius 3 is 1.56 bits per heavy atom. The molecular formula is C6H16O7P3+. The largest absolute Gasteiger partial charge is 0.715 e. The average molecular weight is 293 g/mol. The van der Waals surface area contributed by atoms with Crippen molar-refractivity contribution in [3.05, 3.63) is 0 Å². The molecule has 0 aliphatic rings. The summed E-state index contributed by atoms with van der Waals surface area (Å²) in [5.74, 6) is 0. The third kappa shape index (κ3) is 7.64. The molecule has 16 heavy (non-hydrogen) atoms.